The zero-order valence-electron chi connectivity index (χ0n) is 11.4. The second kappa shape index (κ2) is 6.35. The van der Waals surface area contributed by atoms with Gasteiger partial charge in [-0.15, -0.1) is 0 Å². The molecule has 0 aliphatic carbocycles. The van der Waals surface area contributed by atoms with E-state index in [1.54, 1.807) is 31.4 Å². The third-order valence-electron chi connectivity index (χ3n) is 3.58. The van der Waals surface area contributed by atoms with E-state index in [-0.39, 0.29) is 11.0 Å². The van der Waals surface area contributed by atoms with Crippen LogP contribution in [0.25, 0.3) is 0 Å². The summed E-state index contributed by atoms with van der Waals surface area (Å²) < 4.78 is 31.7. The molecule has 0 spiro atoms. The number of sulfonamides is 1. The first-order valence-electron chi connectivity index (χ1n) is 6.57. The zero-order valence-corrected chi connectivity index (χ0v) is 12.3. The Balaban J connectivity index is 2.12. The third kappa shape index (κ3) is 3.18. The van der Waals surface area contributed by atoms with Gasteiger partial charge in [0.05, 0.1) is 23.5 Å². The van der Waals surface area contributed by atoms with Crippen molar-refractivity contribution in [3.05, 3.63) is 29.8 Å². The minimum atomic E-state index is -3.43. The fraction of sp³-hybridized carbons (Fsp3) is 0.500. The van der Waals surface area contributed by atoms with Crippen LogP contribution in [-0.4, -0.2) is 39.0 Å². The van der Waals surface area contributed by atoms with Gasteiger partial charge in [-0.25, -0.2) is 8.42 Å². The highest BCUT2D eigenvalue weighted by molar-refractivity contribution is 7.89. The normalized spacial score (nSPS) is 17.8. The Morgan fingerprint density at radius 3 is 2.40 bits per heavy atom. The molecule has 1 fully saturated rings. The van der Waals surface area contributed by atoms with E-state index < -0.39 is 10.0 Å². The lowest BCUT2D eigenvalue weighted by Crippen LogP contribution is -2.40. The molecule has 108 valence electrons. The van der Waals surface area contributed by atoms with Gasteiger partial charge in [0.1, 0.15) is 0 Å². The maximum absolute atomic E-state index is 12.5. The number of piperidine rings is 1. The average Bonchev–Trinajstić information content (AvgIpc) is 2.48. The first-order valence-corrected chi connectivity index (χ1v) is 8.01. The maximum Gasteiger partial charge on any atom is 0.243 e. The van der Waals surface area contributed by atoms with Crippen molar-refractivity contribution >= 4 is 10.0 Å². The number of benzene rings is 1. The third-order valence-corrected chi connectivity index (χ3v) is 5.49. The highest BCUT2D eigenvalue weighted by Crippen LogP contribution is 2.22. The van der Waals surface area contributed by atoms with Gasteiger partial charge in [-0.3, -0.25) is 0 Å². The standard InChI is InChI=1S/C14H18N2O3S/c1-19-13-7-10-16(11-8-13)20(17,18)14-4-2-12(3-5-14)6-9-15/h2-5,13H,6-8,10-11H2,1H3. The second-order valence-corrected chi connectivity index (χ2v) is 6.76. The highest BCUT2D eigenvalue weighted by Gasteiger charge is 2.29. The summed E-state index contributed by atoms with van der Waals surface area (Å²) >= 11 is 0. The SMILES string of the molecule is COC1CCN(S(=O)(=O)c2ccc(CC#N)cc2)CC1. The van der Waals surface area contributed by atoms with Crippen molar-refractivity contribution in [2.45, 2.75) is 30.3 Å². The topological polar surface area (TPSA) is 70.4 Å². The van der Waals surface area contributed by atoms with Gasteiger partial charge in [0.2, 0.25) is 10.0 Å². The Kier molecular flexibility index (Phi) is 4.76. The van der Waals surface area contributed by atoms with Gasteiger partial charge in [-0.1, -0.05) is 12.1 Å². The van der Waals surface area contributed by atoms with Crippen LogP contribution < -0.4 is 0 Å². The van der Waals surface area contributed by atoms with E-state index in [0.717, 1.165) is 18.4 Å². The lowest BCUT2D eigenvalue weighted by molar-refractivity contribution is 0.0604. The minimum Gasteiger partial charge on any atom is -0.381 e. The van der Waals surface area contributed by atoms with Crippen LogP contribution in [0.15, 0.2) is 29.2 Å². The Morgan fingerprint density at radius 1 is 1.30 bits per heavy atom. The molecule has 0 amide bonds. The number of nitrogens with zero attached hydrogens (tertiary/aromatic N) is 2. The molecule has 2 rings (SSSR count). The number of methoxy groups -OCH3 is 1. The van der Waals surface area contributed by atoms with E-state index in [9.17, 15) is 8.42 Å². The van der Waals surface area contributed by atoms with Gasteiger partial charge in [0, 0.05) is 20.2 Å². The summed E-state index contributed by atoms with van der Waals surface area (Å²) in [5.74, 6) is 0. The Labute approximate surface area is 119 Å². The van der Waals surface area contributed by atoms with Crippen molar-refractivity contribution < 1.29 is 13.2 Å². The van der Waals surface area contributed by atoms with E-state index >= 15 is 0 Å². The maximum atomic E-state index is 12.5. The van der Waals surface area contributed by atoms with Gasteiger partial charge in [0.15, 0.2) is 0 Å². The first-order chi connectivity index (χ1) is 9.57. The molecule has 0 N–H and O–H groups in total. The molecule has 0 aromatic heterocycles. The van der Waals surface area contributed by atoms with E-state index in [1.165, 1.54) is 4.31 Å². The molecule has 0 bridgehead atoms. The summed E-state index contributed by atoms with van der Waals surface area (Å²) in [6.07, 6.45) is 1.89. The van der Waals surface area contributed by atoms with Crippen LogP contribution in [0.2, 0.25) is 0 Å². The van der Waals surface area contributed by atoms with Crippen LogP contribution in [0, 0.1) is 11.3 Å². The van der Waals surface area contributed by atoms with Crippen LogP contribution in [-0.2, 0) is 21.2 Å². The average molecular weight is 294 g/mol. The molecule has 6 heteroatoms. The summed E-state index contributed by atoms with van der Waals surface area (Å²) in [7, 11) is -1.78. The number of hydrogen-bond donors (Lipinski definition) is 0. The lowest BCUT2D eigenvalue weighted by Gasteiger charge is -2.30. The molecule has 1 heterocycles. The minimum absolute atomic E-state index is 0.152. The number of ether oxygens (including phenoxy) is 1. The van der Waals surface area contributed by atoms with Gasteiger partial charge in [0.25, 0.3) is 0 Å². The summed E-state index contributed by atoms with van der Waals surface area (Å²) in [6.45, 7) is 0.974. The molecule has 0 radical (unpaired) electrons. The van der Waals surface area contributed by atoms with Crippen molar-refractivity contribution in [1.82, 2.24) is 4.31 Å². The predicted octanol–water partition coefficient (Wildman–Crippen LogP) is 1.55. The summed E-state index contributed by atoms with van der Waals surface area (Å²) in [4.78, 5) is 0.287. The molecule has 5 nitrogen and oxygen atoms in total. The molecular weight excluding hydrogens is 276 g/mol. The fourth-order valence-electron chi connectivity index (χ4n) is 2.33. The fourth-order valence-corrected chi connectivity index (χ4v) is 3.80. The summed E-state index contributed by atoms with van der Waals surface area (Å²) in [5, 5.41) is 8.61. The van der Waals surface area contributed by atoms with E-state index in [0.29, 0.717) is 19.5 Å². The molecular formula is C14H18N2O3S. The number of hydrogen-bond acceptors (Lipinski definition) is 4. The highest BCUT2D eigenvalue weighted by atomic mass is 32.2. The molecule has 0 atom stereocenters. The molecule has 1 aromatic carbocycles. The van der Waals surface area contributed by atoms with Crippen LogP contribution >= 0.6 is 0 Å². The second-order valence-electron chi connectivity index (χ2n) is 4.82. The Morgan fingerprint density at radius 2 is 1.90 bits per heavy atom. The van der Waals surface area contributed by atoms with Crippen molar-refractivity contribution in [3.8, 4) is 6.07 Å². The van der Waals surface area contributed by atoms with Gasteiger partial charge < -0.3 is 4.74 Å². The summed E-state index contributed by atoms with van der Waals surface area (Å²) in [6, 6.07) is 8.58. The van der Waals surface area contributed by atoms with E-state index in [4.69, 9.17) is 10.00 Å². The molecule has 1 saturated heterocycles. The molecule has 1 aromatic rings. The lowest BCUT2D eigenvalue weighted by atomic mass is 10.1. The van der Waals surface area contributed by atoms with Crippen molar-refractivity contribution in [2.24, 2.45) is 0 Å². The van der Waals surface area contributed by atoms with Crippen LogP contribution in [0.4, 0.5) is 0 Å². The predicted molar refractivity (Wildman–Crippen MR) is 74.5 cm³/mol. The first kappa shape index (κ1) is 15.0. The Bertz CT molecular complexity index is 582. The molecule has 0 unspecified atom stereocenters. The van der Waals surface area contributed by atoms with Gasteiger partial charge >= 0.3 is 0 Å². The molecule has 1 aliphatic rings. The van der Waals surface area contributed by atoms with Crippen molar-refractivity contribution in [3.63, 3.8) is 0 Å². The zero-order chi connectivity index (χ0) is 14.6. The smallest absolute Gasteiger partial charge is 0.243 e. The quantitative estimate of drug-likeness (QED) is 0.845. The van der Waals surface area contributed by atoms with Crippen LogP contribution in [0.5, 0.6) is 0 Å². The van der Waals surface area contributed by atoms with Crippen molar-refractivity contribution in [2.75, 3.05) is 20.2 Å². The van der Waals surface area contributed by atoms with E-state index in [2.05, 4.69) is 0 Å². The largest absolute Gasteiger partial charge is 0.381 e. The molecule has 20 heavy (non-hydrogen) atoms. The molecule has 0 saturated carbocycles. The summed E-state index contributed by atoms with van der Waals surface area (Å²) in [5.41, 5.74) is 0.824. The van der Waals surface area contributed by atoms with Gasteiger partial charge in [-0.2, -0.15) is 9.57 Å². The number of rotatable bonds is 4. The Hall–Kier alpha value is -1.42. The monoisotopic (exact) mass is 294 g/mol. The van der Waals surface area contributed by atoms with Crippen LogP contribution in [0.1, 0.15) is 18.4 Å². The van der Waals surface area contributed by atoms with Crippen molar-refractivity contribution in [1.29, 1.82) is 5.26 Å². The van der Waals surface area contributed by atoms with E-state index in [1.807, 2.05) is 6.07 Å². The van der Waals surface area contributed by atoms with Crippen LogP contribution in [0.3, 0.4) is 0 Å². The number of nitriles is 1. The van der Waals surface area contributed by atoms with Gasteiger partial charge in [-0.05, 0) is 30.5 Å². The molecule has 1 aliphatic heterocycles.